The molecule has 4 rings (SSSR count). The van der Waals surface area contributed by atoms with Gasteiger partial charge in [0.1, 0.15) is 5.82 Å². The van der Waals surface area contributed by atoms with Gasteiger partial charge in [0.05, 0.1) is 11.0 Å². The van der Waals surface area contributed by atoms with Crippen LogP contribution >= 0.6 is 11.6 Å². The van der Waals surface area contributed by atoms with Gasteiger partial charge in [-0.2, -0.15) is 0 Å². The van der Waals surface area contributed by atoms with Gasteiger partial charge in [-0.25, -0.2) is 4.98 Å². The van der Waals surface area contributed by atoms with Crippen LogP contribution in [0.3, 0.4) is 0 Å². The van der Waals surface area contributed by atoms with Crippen molar-refractivity contribution in [2.45, 2.75) is 25.8 Å². The van der Waals surface area contributed by atoms with Crippen LogP contribution in [-0.4, -0.2) is 33.2 Å². The lowest BCUT2D eigenvalue weighted by Gasteiger charge is -2.31. The number of carbonyl (C=O) groups is 2. The number of halogens is 1. The summed E-state index contributed by atoms with van der Waals surface area (Å²) in [6, 6.07) is 12.7. The van der Waals surface area contributed by atoms with Gasteiger partial charge in [0, 0.05) is 36.5 Å². The third-order valence-corrected chi connectivity index (χ3v) is 5.45. The molecular weight excluding hydrogens is 376 g/mol. The van der Waals surface area contributed by atoms with Crippen molar-refractivity contribution in [3.63, 3.8) is 0 Å². The molecule has 7 heteroatoms. The molecule has 1 fully saturated rings. The first-order valence-electron chi connectivity index (χ1n) is 9.28. The molecule has 144 valence electrons. The third-order valence-electron chi connectivity index (χ3n) is 5.21. The van der Waals surface area contributed by atoms with E-state index in [1.54, 1.807) is 12.1 Å². The maximum atomic E-state index is 12.6. The second-order valence-corrected chi connectivity index (χ2v) is 7.72. The third kappa shape index (κ3) is 4.02. The molecule has 0 radical (unpaired) electrons. The maximum absolute atomic E-state index is 12.6. The lowest BCUT2D eigenvalue weighted by Crippen LogP contribution is -2.38. The second kappa shape index (κ2) is 7.64. The molecule has 2 heterocycles. The summed E-state index contributed by atoms with van der Waals surface area (Å²) in [7, 11) is 0. The molecule has 3 N–H and O–H groups in total. The predicted molar refractivity (Wildman–Crippen MR) is 108 cm³/mol. The normalized spacial score (nSPS) is 17.2. The van der Waals surface area contributed by atoms with E-state index in [-0.39, 0.29) is 11.8 Å². The van der Waals surface area contributed by atoms with E-state index in [9.17, 15) is 9.59 Å². The molecule has 6 nitrogen and oxygen atoms in total. The Hall–Kier alpha value is -2.86. The summed E-state index contributed by atoms with van der Waals surface area (Å²) < 4.78 is 0. The zero-order valence-electron chi connectivity index (χ0n) is 15.3. The fourth-order valence-corrected chi connectivity index (χ4v) is 3.85. The number of likely N-dealkylation sites (tertiary alicyclic amines) is 1. The standard InChI is InChI=1S/C21H21ClN4O2/c22-16-5-6-17-18(11-16)25-19(24-17)9-14-7-8-26(20(27)10-14)12-13-1-3-15(4-2-13)21(23)28/h1-6,11,14H,7-10,12H2,(H2,23,28)(H,24,25). The van der Waals surface area contributed by atoms with E-state index >= 15 is 0 Å². The van der Waals surface area contributed by atoms with Crippen LogP contribution in [0.15, 0.2) is 42.5 Å². The largest absolute Gasteiger partial charge is 0.366 e. The molecule has 1 unspecified atom stereocenters. The molecule has 1 atom stereocenters. The van der Waals surface area contributed by atoms with Gasteiger partial charge in [-0.05, 0) is 48.2 Å². The summed E-state index contributed by atoms with van der Waals surface area (Å²) in [6.07, 6.45) is 2.19. The quantitative estimate of drug-likeness (QED) is 0.693. The Bertz CT molecular complexity index is 1030. The number of amides is 2. The highest BCUT2D eigenvalue weighted by Crippen LogP contribution is 2.25. The maximum Gasteiger partial charge on any atom is 0.248 e. The van der Waals surface area contributed by atoms with E-state index in [4.69, 9.17) is 17.3 Å². The summed E-state index contributed by atoms with van der Waals surface area (Å²) in [5, 5.41) is 0.676. The predicted octanol–water partition coefficient (Wildman–Crippen LogP) is 3.30. The van der Waals surface area contributed by atoms with Gasteiger partial charge in [0.2, 0.25) is 11.8 Å². The zero-order valence-corrected chi connectivity index (χ0v) is 16.1. The van der Waals surface area contributed by atoms with E-state index < -0.39 is 5.91 Å². The van der Waals surface area contributed by atoms with Crippen LogP contribution in [0.2, 0.25) is 5.02 Å². The topological polar surface area (TPSA) is 92.1 Å². The van der Waals surface area contributed by atoms with Crippen LogP contribution in [-0.2, 0) is 17.8 Å². The molecule has 1 aromatic heterocycles. The molecule has 2 amide bonds. The van der Waals surface area contributed by atoms with Crippen molar-refractivity contribution < 1.29 is 9.59 Å². The first kappa shape index (κ1) is 18.5. The number of nitrogens with zero attached hydrogens (tertiary/aromatic N) is 2. The van der Waals surface area contributed by atoms with Crippen molar-refractivity contribution in [2.24, 2.45) is 11.7 Å². The van der Waals surface area contributed by atoms with Gasteiger partial charge in [-0.15, -0.1) is 0 Å². The Balaban J connectivity index is 1.36. The Labute approximate surface area is 167 Å². The number of carbonyl (C=O) groups excluding carboxylic acids is 2. The number of imidazole rings is 1. The summed E-state index contributed by atoms with van der Waals surface area (Å²) in [5.41, 5.74) is 8.54. The minimum absolute atomic E-state index is 0.148. The van der Waals surface area contributed by atoms with Gasteiger partial charge in [0.15, 0.2) is 0 Å². The monoisotopic (exact) mass is 396 g/mol. The van der Waals surface area contributed by atoms with Crippen LogP contribution in [0.4, 0.5) is 0 Å². The molecule has 0 bridgehead atoms. The minimum Gasteiger partial charge on any atom is -0.366 e. The number of primary amides is 1. The molecule has 1 aliphatic rings. The molecule has 3 aromatic rings. The Kier molecular flexibility index (Phi) is 5.05. The molecule has 0 aliphatic carbocycles. The summed E-state index contributed by atoms with van der Waals surface area (Å²) in [5.74, 6) is 0.869. The summed E-state index contributed by atoms with van der Waals surface area (Å²) >= 11 is 6.02. The van der Waals surface area contributed by atoms with E-state index in [1.807, 2.05) is 35.2 Å². The van der Waals surface area contributed by atoms with Crippen molar-refractivity contribution in [2.75, 3.05) is 6.54 Å². The number of piperidine rings is 1. The average molecular weight is 397 g/mol. The fraction of sp³-hybridized carbons (Fsp3) is 0.286. The van der Waals surface area contributed by atoms with Crippen molar-refractivity contribution in [1.29, 1.82) is 0 Å². The number of rotatable bonds is 5. The van der Waals surface area contributed by atoms with Crippen LogP contribution in [0.5, 0.6) is 0 Å². The van der Waals surface area contributed by atoms with Gasteiger partial charge >= 0.3 is 0 Å². The lowest BCUT2D eigenvalue weighted by molar-refractivity contribution is -0.135. The summed E-state index contributed by atoms with van der Waals surface area (Å²) in [4.78, 5) is 33.5. The highest BCUT2D eigenvalue weighted by atomic mass is 35.5. The molecule has 0 saturated carbocycles. The van der Waals surface area contributed by atoms with Gasteiger partial charge in [0.25, 0.3) is 0 Å². The Morgan fingerprint density at radius 2 is 2.04 bits per heavy atom. The summed E-state index contributed by atoms with van der Waals surface area (Å²) in [6.45, 7) is 1.26. The number of nitrogens with one attached hydrogen (secondary N) is 1. The van der Waals surface area contributed by atoms with Crippen molar-refractivity contribution in [3.8, 4) is 0 Å². The SMILES string of the molecule is NC(=O)c1ccc(CN2CCC(Cc3nc4ccc(Cl)cc4[nH]3)CC2=O)cc1. The van der Waals surface area contributed by atoms with Crippen molar-refractivity contribution >= 4 is 34.4 Å². The minimum atomic E-state index is -0.448. The number of hydrogen-bond acceptors (Lipinski definition) is 3. The number of H-pyrrole nitrogens is 1. The number of aromatic nitrogens is 2. The molecule has 2 aromatic carbocycles. The number of fused-ring (bicyclic) bond motifs is 1. The first-order chi connectivity index (χ1) is 13.5. The van der Waals surface area contributed by atoms with Crippen LogP contribution in [0, 0.1) is 5.92 Å². The number of nitrogens with two attached hydrogens (primary N) is 1. The highest BCUT2D eigenvalue weighted by molar-refractivity contribution is 6.31. The fourth-order valence-electron chi connectivity index (χ4n) is 3.68. The van der Waals surface area contributed by atoms with Crippen LogP contribution in [0.1, 0.15) is 34.6 Å². The van der Waals surface area contributed by atoms with E-state index in [2.05, 4.69) is 9.97 Å². The van der Waals surface area contributed by atoms with Crippen LogP contribution in [0.25, 0.3) is 11.0 Å². The smallest absolute Gasteiger partial charge is 0.248 e. The Morgan fingerprint density at radius 1 is 1.25 bits per heavy atom. The van der Waals surface area contributed by atoms with Gasteiger partial charge in [-0.1, -0.05) is 23.7 Å². The number of hydrogen-bond donors (Lipinski definition) is 2. The number of benzene rings is 2. The first-order valence-corrected chi connectivity index (χ1v) is 9.66. The van der Waals surface area contributed by atoms with Gasteiger partial charge < -0.3 is 15.6 Å². The Morgan fingerprint density at radius 3 is 2.75 bits per heavy atom. The zero-order chi connectivity index (χ0) is 19.7. The van der Waals surface area contributed by atoms with Crippen LogP contribution < -0.4 is 5.73 Å². The molecule has 1 aliphatic heterocycles. The van der Waals surface area contributed by atoms with Crippen molar-refractivity contribution in [1.82, 2.24) is 14.9 Å². The molecule has 0 spiro atoms. The van der Waals surface area contributed by atoms with Crippen molar-refractivity contribution in [3.05, 3.63) is 64.4 Å². The van der Waals surface area contributed by atoms with E-state index in [0.717, 1.165) is 35.3 Å². The highest BCUT2D eigenvalue weighted by Gasteiger charge is 2.26. The molecule has 28 heavy (non-hydrogen) atoms. The van der Waals surface area contributed by atoms with Gasteiger partial charge in [-0.3, -0.25) is 9.59 Å². The number of aromatic amines is 1. The second-order valence-electron chi connectivity index (χ2n) is 7.28. The van der Waals surface area contributed by atoms with E-state index in [1.165, 1.54) is 0 Å². The molecule has 1 saturated heterocycles. The lowest BCUT2D eigenvalue weighted by atomic mass is 9.92. The molecular formula is C21H21ClN4O2. The average Bonchev–Trinajstić information content (AvgIpc) is 3.05. The van der Waals surface area contributed by atoms with E-state index in [0.29, 0.717) is 30.1 Å².